The summed E-state index contributed by atoms with van der Waals surface area (Å²) in [5, 5.41) is 3.39. The second kappa shape index (κ2) is 3.65. The molecule has 1 aliphatic carbocycles. The van der Waals surface area contributed by atoms with Crippen LogP contribution in [0.3, 0.4) is 0 Å². The maximum atomic E-state index is 13.3. The van der Waals surface area contributed by atoms with Crippen molar-refractivity contribution in [1.29, 1.82) is 0 Å². The monoisotopic (exact) mass is 243 g/mol. The maximum Gasteiger partial charge on any atom is 0.123 e. The van der Waals surface area contributed by atoms with Crippen LogP contribution in [0.2, 0.25) is 0 Å². The molecule has 4 rings (SSSR count). The van der Waals surface area contributed by atoms with Gasteiger partial charge >= 0.3 is 0 Å². The van der Waals surface area contributed by atoms with Gasteiger partial charge in [-0.15, -0.1) is 0 Å². The summed E-state index contributed by atoms with van der Waals surface area (Å²) in [5.41, 5.74) is 1.93. The average Bonchev–Trinajstić information content (AvgIpc) is 2.82. The predicted molar refractivity (Wildman–Crippen MR) is 66.5 cm³/mol. The zero-order chi connectivity index (χ0) is 12.1. The van der Waals surface area contributed by atoms with Crippen LogP contribution in [0.15, 0.2) is 36.8 Å². The van der Waals surface area contributed by atoms with Crippen LogP contribution in [0.4, 0.5) is 4.39 Å². The summed E-state index contributed by atoms with van der Waals surface area (Å²) in [7, 11) is 0. The van der Waals surface area contributed by atoms with E-state index in [4.69, 9.17) is 0 Å². The summed E-state index contributed by atoms with van der Waals surface area (Å²) in [4.78, 5) is 4.24. The summed E-state index contributed by atoms with van der Waals surface area (Å²) in [6, 6.07) is 7.28. The highest BCUT2D eigenvalue weighted by Gasteiger charge is 2.54. The molecule has 0 bridgehead atoms. The van der Waals surface area contributed by atoms with Gasteiger partial charge in [0.1, 0.15) is 5.82 Å². The molecule has 4 heteroatoms. The second-order valence-corrected chi connectivity index (χ2v) is 5.17. The molecule has 1 aliphatic heterocycles. The van der Waals surface area contributed by atoms with E-state index >= 15 is 0 Å². The van der Waals surface area contributed by atoms with Gasteiger partial charge in [-0.2, -0.15) is 0 Å². The highest BCUT2D eigenvalue weighted by molar-refractivity contribution is 5.59. The van der Waals surface area contributed by atoms with Crippen molar-refractivity contribution in [3.8, 4) is 11.3 Å². The summed E-state index contributed by atoms with van der Waals surface area (Å²) in [5.74, 6) is 1.26. The Balaban J connectivity index is 1.72. The van der Waals surface area contributed by atoms with E-state index in [0.29, 0.717) is 6.04 Å². The van der Waals surface area contributed by atoms with Crippen LogP contribution in [0.5, 0.6) is 0 Å². The van der Waals surface area contributed by atoms with Crippen molar-refractivity contribution < 1.29 is 4.39 Å². The van der Waals surface area contributed by atoms with Crippen molar-refractivity contribution >= 4 is 0 Å². The highest BCUT2D eigenvalue weighted by atomic mass is 19.1. The van der Waals surface area contributed by atoms with Crippen molar-refractivity contribution in [3.05, 3.63) is 42.6 Å². The number of piperidine rings is 1. The third-order valence-electron chi connectivity index (χ3n) is 4.15. The zero-order valence-electron chi connectivity index (χ0n) is 9.88. The first-order chi connectivity index (χ1) is 8.84. The first-order valence-electron chi connectivity index (χ1n) is 6.33. The highest BCUT2D eigenvalue weighted by Crippen LogP contribution is 2.53. The lowest BCUT2D eigenvalue weighted by Crippen LogP contribution is -2.16. The Morgan fingerprint density at radius 3 is 2.89 bits per heavy atom. The number of nitrogens with one attached hydrogen (secondary N) is 1. The normalized spacial score (nSPS) is 29.3. The number of nitrogens with zero attached hydrogens (tertiary/aromatic N) is 2. The molecular weight excluding hydrogens is 229 g/mol. The molecule has 2 aromatic rings. The largest absolute Gasteiger partial charge is 0.327 e. The second-order valence-electron chi connectivity index (χ2n) is 5.17. The molecule has 1 aromatic carbocycles. The minimum atomic E-state index is -0.196. The fourth-order valence-electron chi connectivity index (χ4n) is 3.21. The topological polar surface area (TPSA) is 29.9 Å². The zero-order valence-corrected chi connectivity index (χ0v) is 9.88. The van der Waals surface area contributed by atoms with Crippen molar-refractivity contribution in [1.82, 2.24) is 14.9 Å². The fourth-order valence-corrected chi connectivity index (χ4v) is 3.21. The lowest BCUT2D eigenvalue weighted by molar-refractivity contribution is 0.572. The minimum absolute atomic E-state index is 0.196. The van der Waals surface area contributed by atoms with E-state index in [9.17, 15) is 4.39 Å². The molecule has 1 aromatic heterocycles. The summed E-state index contributed by atoms with van der Waals surface area (Å²) >= 11 is 0. The van der Waals surface area contributed by atoms with E-state index in [1.165, 1.54) is 6.07 Å². The number of benzene rings is 1. The predicted octanol–water partition coefficient (Wildman–Crippen LogP) is 2.08. The molecule has 18 heavy (non-hydrogen) atoms. The molecule has 2 unspecified atom stereocenters. The molecule has 0 radical (unpaired) electrons. The molecule has 92 valence electrons. The van der Waals surface area contributed by atoms with Gasteiger partial charge in [0.15, 0.2) is 0 Å². The van der Waals surface area contributed by atoms with Crippen molar-refractivity contribution in [2.45, 2.75) is 6.04 Å². The Morgan fingerprint density at radius 2 is 2.11 bits per heavy atom. The van der Waals surface area contributed by atoms with E-state index in [2.05, 4.69) is 14.9 Å². The van der Waals surface area contributed by atoms with Crippen molar-refractivity contribution in [2.75, 3.05) is 13.1 Å². The molecule has 2 aliphatic rings. The number of fused-ring (bicyclic) bond motifs is 1. The van der Waals surface area contributed by atoms with Crippen LogP contribution in [0.1, 0.15) is 6.04 Å². The average molecular weight is 243 g/mol. The van der Waals surface area contributed by atoms with Crippen LogP contribution in [-0.2, 0) is 0 Å². The van der Waals surface area contributed by atoms with E-state index < -0.39 is 0 Å². The summed E-state index contributed by atoms with van der Waals surface area (Å²) in [6.07, 6.45) is 3.71. The standard InChI is InChI=1S/C14H14FN3/c15-10-3-1-2-9(4-10)13-7-17-8-18(13)14-11-5-16-6-12(11)14/h1-4,7-8,11-12,14,16H,5-6H2. The van der Waals surface area contributed by atoms with Gasteiger partial charge in [-0.1, -0.05) is 12.1 Å². The van der Waals surface area contributed by atoms with Gasteiger partial charge in [-0.25, -0.2) is 9.37 Å². The number of aromatic nitrogens is 2. The summed E-state index contributed by atoms with van der Waals surface area (Å²) in [6.45, 7) is 2.19. The minimum Gasteiger partial charge on any atom is -0.327 e. The van der Waals surface area contributed by atoms with Crippen LogP contribution in [0, 0.1) is 17.7 Å². The third-order valence-corrected chi connectivity index (χ3v) is 4.15. The number of hydrogen-bond donors (Lipinski definition) is 1. The van der Waals surface area contributed by atoms with Crippen molar-refractivity contribution in [2.24, 2.45) is 11.8 Å². The third kappa shape index (κ3) is 1.42. The van der Waals surface area contributed by atoms with E-state index in [-0.39, 0.29) is 5.82 Å². The molecule has 1 saturated carbocycles. The Bertz CT molecular complexity index is 582. The number of imidazole rings is 1. The molecular formula is C14H14FN3. The van der Waals surface area contributed by atoms with E-state index in [1.54, 1.807) is 12.1 Å². The van der Waals surface area contributed by atoms with Gasteiger partial charge in [0, 0.05) is 24.7 Å². The van der Waals surface area contributed by atoms with Crippen LogP contribution < -0.4 is 5.32 Å². The first kappa shape index (κ1) is 10.3. The Kier molecular flexibility index (Phi) is 2.08. The van der Waals surface area contributed by atoms with Gasteiger partial charge in [0.2, 0.25) is 0 Å². The lowest BCUT2D eigenvalue weighted by atomic mass is 10.1. The summed E-state index contributed by atoms with van der Waals surface area (Å²) < 4.78 is 15.5. The Hall–Kier alpha value is -1.68. The van der Waals surface area contributed by atoms with Gasteiger partial charge in [0.05, 0.1) is 18.2 Å². The van der Waals surface area contributed by atoms with Crippen molar-refractivity contribution in [3.63, 3.8) is 0 Å². The first-order valence-corrected chi connectivity index (χ1v) is 6.33. The van der Waals surface area contributed by atoms with Crippen LogP contribution >= 0.6 is 0 Å². The number of hydrogen-bond acceptors (Lipinski definition) is 2. The van der Waals surface area contributed by atoms with Gasteiger partial charge in [-0.05, 0) is 24.0 Å². The fraction of sp³-hybridized carbons (Fsp3) is 0.357. The van der Waals surface area contributed by atoms with E-state index in [0.717, 1.165) is 36.2 Å². The Morgan fingerprint density at radius 1 is 1.28 bits per heavy atom. The van der Waals surface area contributed by atoms with Gasteiger partial charge < -0.3 is 9.88 Å². The lowest BCUT2D eigenvalue weighted by Gasteiger charge is -2.10. The maximum absolute atomic E-state index is 13.3. The molecule has 0 spiro atoms. The molecule has 1 N–H and O–H groups in total. The quantitative estimate of drug-likeness (QED) is 0.875. The van der Waals surface area contributed by atoms with Crippen LogP contribution in [0.25, 0.3) is 11.3 Å². The number of halogens is 1. The molecule has 0 amide bonds. The molecule has 2 atom stereocenters. The molecule has 2 fully saturated rings. The van der Waals surface area contributed by atoms with Crippen LogP contribution in [-0.4, -0.2) is 22.6 Å². The number of rotatable bonds is 2. The van der Waals surface area contributed by atoms with Gasteiger partial charge in [0.25, 0.3) is 0 Å². The van der Waals surface area contributed by atoms with Gasteiger partial charge in [-0.3, -0.25) is 0 Å². The molecule has 3 nitrogen and oxygen atoms in total. The van der Waals surface area contributed by atoms with E-state index in [1.807, 2.05) is 18.6 Å². The molecule has 2 heterocycles. The molecule has 1 saturated heterocycles. The smallest absolute Gasteiger partial charge is 0.123 e. The Labute approximate surface area is 105 Å². The SMILES string of the molecule is Fc1cccc(-c2cncn2C2C3CNCC32)c1.